The van der Waals surface area contributed by atoms with Crippen molar-refractivity contribution in [2.45, 2.75) is 13.8 Å². The molecule has 0 bridgehead atoms. The first-order valence-corrected chi connectivity index (χ1v) is 5.75. The third-order valence-electron chi connectivity index (χ3n) is 2.50. The maximum absolute atomic E-state index is 12.1. The van der Waals surface area contributed by atoms with Crippen molar-refractivity contribution in [3.63, 3.8) is 0 Å². The first kappa shape index (κ1) is 12.2. The molecule has 2 aromatic rings. The molecule has 0 atom stereocenters. The fourth-order valence-electron chi connectivity index (χ4n) is 1.59. The van der Waals surface area contributed by atoms with Crippen molar-refractivity contribution in [3.8, 4) is 5.75 Å². The molecule has 0 saturated carbocycles. The number of aromatic nitrogens is 2. The number of H-pyrrole nitrogens is 1. The number of aryl methyl sites for hydroxylation is 1. The van der Waals surface area contributed by atoms with Crippen molar-refractivity contribution in [1.29, 1.82) is 0 Å². The summed E-state index contributed by atoms with van der Waals surface area (Å²) in [5.41, 5.74) is 1.39. The maximum atomic E-state index is 12.1. The van der Waals surface area contributed by atoms with Gasteiger partial charge in [0.2, 0.25) is 0 Å². The molecular formula is C13H15N3O2. The Balaban J connectivity index is 2.21. The second-order valence-corrected chi connectivity index (χ2v) is 3.81. The van der Waals surface area contributed by atoms with Crippen LogP contribution in [-0.4, -0.2) is 22.7 Å². The lowest BCUT2D eigenvalue weighted by molar-refractivity contribution is 0.102. The third kappa shape index (κ3) is 2.51. The van der Waals surface area contributed by atoms with E-state index in [0.717, 1.165) is 5.56 Å². The van der Waals surface area contributed by atoms with Crippen molar-refractivity contribution in [2.75, 3.05) is 11.9 Å². The zero-order valence-electron chi connectivity index (χ0n) is 10.4. The first-order valence-electron chi connectivity index (χ1n) is 5.75. The van der Waals surface area contributed by atoms with E-state index in [4.69, 9.17) is 4.74 Å². The standard InChI is InChI=1S/C13H15N3O2/c1-3-18-11-7-5-4-6-10(11)13(17)15-12-9(2)8-14-16-12/h4-8H,3H2,1-2H3,(H2,14,15,16,17). The summed E-state index contributed by atoms with van der Waals surface area (Å²) in [5, 5.41) is 9.36. The van der Waals surface area contributed by atoms with Gasteiger partial charge in [0.25, 0.3) is 5.91 Å². The van der Waals surface area contributed by atoms with Gasteiger partial charge >= 0.3 is 0 Å². The van der Waals surface area contributed by atoms with Gasteiger partial charge in [0.05, 0.1) is 18.4 Å². The predicted octanol–water partition coefficient (Wildman–Crippen LogP) is 2.37. The lowest BCUT2D eigenvalue weighted by Crippen LogP contribution is -2.14. The molecule has 2 rings (SSSR count). The van der Waals surface area contributed by atoms with Gasteiger partial charge in [-0.3, -0.25) is 9.89 Å². The molecule has 0 unspecified atom stereocenters. The first-order chi connectivity index (χ1) is 8.72. The second-order valence-electron chi connectivity index (χ2n) is 3.81. The number of carbonyl (C=O) groups is 1. The summed E-state index contributed by atoms with van der Waals surface area (Å²) < 4.78 is 5.42. The van der Waals surface area contributed by atoms with Crippen LogP contribution in [-0.2, 0) is 0 Å². The van der Waals surface area contributed by atoms with Crippen molar-refractivity contribution in [2.24, 2.45) is 0 Å². The number of hydrogen-bond acceptors (Lipinski definition) is 3. The number of anilines is 1. The lowest BCUT2D eigenvalue weighted by Gasteiger charge is -2.09. The molecule has 0 saturated heterocycles. The van der Waals surface area contributed by atoms with Gasteiger partial charge < -0.3 is 10.1 Å². The fourth-order valence-corrected chi connectivity index (χ4v) is 1.59. The summed E-state index contributed by atoms with van der Waals surface area (Å²) in [5.74, 6) is 0.965. The summed E-state index contributed by atoms with van der Waals surface area (Å²) in [6.07, 6.45) is 1.66. The van der Waals surface area contributed by atoms with Gasteiger partial charge in [0, 0.05) is 5.56 Å². The van der Waals surface area contributed by atoms with E-state index in [1.165, 1.54) is 0 Å². The van der Waals surface area contributed by atoms with E-state index in [0.29, 0.717) is 23.7 Å². The molecule has 1 amide bonds. The largest absolute Gasteiger partial charge is 0.493 e. The van der Waals surface area contributed by atoms with Gasteiger partial charge in [-0.2, -0.15) is 5.10 Å². The molecule has 0 fully saturated rings. The van der Waals surface area contributed by atoms with Crippen LogP contribution >= 0.6 is 0 Å². The Labute approximate surface area is 105 Å². The third-order valence-corrected chi connectivity index (χ3v) is 2.50. The zero-order chi connectivity index (χ0) is 13.0. The molecule has 0 radical (unpaired) electrons. The minimum atomic E-state index is -0.216. The topological polar surface area (TPSA) is 67.0 Å². The van der Waals surface area contributed by atoms with Crippen LogP contribution in [0, 0.1) is 6.92 Å². The van der Waals surface area contributed by atoms with Crippen LogP contribution in [0.3, 0.4) is 0 Å². The van der Waals surface area contributed by atoms with Crippen molar-refractivity contribution < 1.29 is 9.53 Å². The van der Waals surface area contributed by atoms with Crippen LogP contribution < -0.4 is 10.1 Å². The van der Waals surface area contributed by atoms with E-state index >= 15 is 0 Å². The molecule has 5 nitrogen and oxygen atoms in total. The molecule has 2 N–H and O–H groups in total. The van der Waals surface area contributed by atoms with Gasteiger partial charge in [-0.25, -0.2) is 0 Å². The van der Waals surface area contributed by atoms with Crippen molar-refractivity contribution in [1.82, 2.24) is 10.2 Å². The van der Waals surface area contributed by atoms with Crippen LogP contribution in [0.25, 0.3) is 0 Å². The Hall–Kier alpha value is -2.30. The molecule has 0 aliphatic carbocycles. The number of para-hydroxylation sites is 1. The Morgan fingerprint density at radius 1 is 1.44 bits per heavy atom. The highest BCUT2D eigenvalue weighted by Crippen LogP contribution is 2.19. The molecule has 1 heterocycles. The molecule has 0 aliphatic heterocycles. The quantitative estimate of drug-likeness (QED) is 0.869. The van der Waals surface area contributed by atoms with Gasteiger partial charge in [0.15, 0.2) is 0 Å². The van der Waals surface area contributed by atoms with Crippen LogP contribution in [0.5, 0.6) is 5.75 Å². The number of nitrogens with one attached hydrogen (secondary N) is 2. The van der Waals surface area contributed by atoms with Crippen LogP contribution in [0.1, 0.15) is 22.8 Å². The number of benzene rings is 1. The molecule has 18 heavy (non-hydrogen) atoms. The average Bonchev–Trinajstić information content (AvgIpc) is 2.76. The number of aromatic amines is 1. The maximum Gasteiger partial charge on any atom is 0.260 e. The van der Waals surface area contributed by atoms with Gasteiger partial charge in [-0.15, -0.1) is 0 Å². The SMILES string of the molecule is CCOc1ccccc1C(=O)Nc1[nH]ncc1C. The van der Waals surface area contributed by atoms with E-state index in [1.807, 2.05) is 19.9 Å². The van der Waals surface area contributed by atoms with Crippen molar-refractivity contribution in [3.05, 3.63) is 41.6 Å². The Morgan fingerprint density at radius 2 is 2.22 bits per heavy atom. The normalized spacial score (nSPS) is 10.1. The summed E-state index contributed by atoms with van der Waals surface area (Å²) in [6.45, 7) is 4.27. The highest BCUT2D eigenvalue weighted by Gasteiger charge is 2.13. The Kier molecular flexibility index (Phi) is 3.62. The highest BCUT2D eigenvalue weighted by atomic mass is 16.5. The predicted molar refractivity (Wildman–Crippen MR) is 68.9 cm³/mol. The minimum absolute atomic E-state index is 0.216. The minimum Gasteiger partial charge on any atom is -0.493 e. The second kappa shape index (κ2) is 5.35. The number of amides is 1. The van der Waals surface area contributed by atoms with E-state index in [9.17, 15) is 4.79 Å². The van der Waals surface area contributed by atoms with Crippen LogP contribution in [0.15, 0.2) is 30.5 Å². The molecule has 5 heteroatoms. The van der Waals surface area contributed by atoms with Gasteiger partial charge in [-0.1, -0.05) is 12.1 Å². The van der Waals surface area contributed by atoms with Crippen LogP contribution in [0.2, 0.25) is 0 Å². The Morgan fingerprint density at radius 3 is 2.89 bits per heavy atom. The molecule has 0 aliphatic rings. The smallest absolute Gasteiger partial charge is 0.260 e. The number of nitrogens with zero attached hydrogens (tertiary/aromatic N) is 1. The van der Waals surface area contributed by atoms with E-state index in [-0.39, 0.29) is 5.91 Å². The highest BCUT2D eigenvalue weighted by molar-refractivity contribution is 6.06. The number of carbonyl (C=O) groups excluding carboxylic acids is 1. The average molecular weight is 245 g/mol. The fraction of sp³-hybridized carbons (Fsp3) is 0.231. The molecule has 1 aromatic carbocycles. The number of ether oxygens (including phenoxy) is 1. The Bertz CT molecular complexity index is 549. The van der Waals surface area contributed by atoms with E-state index in [2.05, 4.69) is 15.5 Å². The molecular weight excluding hydrogens is 230 g/mol. The van der Waals surface area contributed by atoms with Crippen LogP contribution in [0.4, 0.5) is 5.82 Å². The number of rotatable bonds is 4. The number of hydrogen-bond donors (Lipinski definition) is 2. The van der Waals surface area contributed by atoms with Crippen molar-refractivity contribution >= 4 is 11.7 Å². The van der Waals surface area contributed by atoms with Gasteiger partial charge in [0.1, 0.15) is 11.6 Å². The van der Waals surface area contributed by atoms with E-state index < -0.39 is 0 Å². The lowest BCUT2D eigenvalue weighted by atomic mass is 10.2. The van der Waals surface area contributed by atoms with E-state index in [1.54, 1.807) is 24.4 Å². The zero-order valence-corrected chi connectivity index (χ0v) is 10.4. The molecule has 94 valence electrons. The molecule has 1 aromatic heterocycles. The molecule has 0 spiro atoms. The monoisotopic (exact) mass is 245 g/mol. The summed E-state index contributed by atoms with van der Waals surface area (Å²) in [4.78, 5) is 12.1. The van der Waals surface area contributed by atoms with Gasteiger partial charge in [-0.05, 0) is 26.0 Å². The summed E-state index contributed by atoms with van der Waals surface area (Å²) >= 11 is 0. The summed E-state index contributed by atoms with van der Waals surface area (Å²) in [6, 6.07) is 7.14. The summed E-state index contributed by atoms with van der Waals surface area (Å²) in [7, 11) is 0.